The van der Waals surface area contributed by atoms with Crippen molar-refractivity contribution >= 4 is 5.97 Å². The van der Waals surface area contributed by atoms with Crippen molar-refractivity contribution in [2.24, 2.45) is 11.8 Å². The second kappa shape index (κ2) is 7.07. The van der Waals surface area contributed by atoms with E-state index in [1.54, 1.807) is 0 Å². The molecule has 0 aliphatic rings. The van der Waals surface area contributed by atoms with Gasteiger partial charge < -0.3 is 15.2 Å². The number of nitrogens with one attached hydrogen (secondary N) is 1. The van der Waals surface area contributed by atoms with Gasteiger partial charge in [0.05, 0.1) is 5.92 Å². The van der Waals surface area contributed by atoms with Crippen LogP contribution in [0.5, 0.6) is 0 Å². The molecule has 0 aromatic heterocycles. The van der Waals surface area contributed by atoms with Crippen molar-refractivity contribution in [3.63, 3.8) is 0 Å². The van der Waals surface area contributed by atoms with Crippen LogP contribution in [0.25, 0.3) is 0 Å². The topological polar surface area (TPSA) is 58.6 Å². The molecule has 2 N–H and O–H groups in total. The van der Waals surface area contributed by atoms with Crippen LogP contribution >= 0.6 is 0 Å². The van der Waals surface area contributed by atoms with E-state index in [-0.39, 0.29) is 0 Å². The lowest BCUT2D eigenvalue weighted by Gasteiger charge is -2.41. The summed E-state index contributed by atoms with van der Waals surface area (Å²) in [4.78, 5) is 12.1. The van der Waals surface area contributed by atoms with Crippen LogP contribution in [0.2, 0.25) is 0 Å². The Morgan fingerprint density at radius 3 is 1.62 bits per heavy atom. The Balaban J connectivity index is 5.85. The Morgan fingerprint density at radius 2 is 1.38 bits per heavy atom. The number of rotatable bonds is 6. The van der Waals surface area contributed by atoms with Gasteiger partial charge in [0.25, 0.3) is 5.60 Å². The van der Waals surface area contributed by atoms with Crippen LogP contribution in [0.1, 0.15) is 34.6 Å². The molecule has 144 valence electrons. The summed E-state index contributed by atoms with van der Waals surface area (Å²) in [5, 5.41) is 12.2. The molecule has 0 aromatic carbocycles. The first-order valence-corrected chi connectivity index (χ1v) is 7.18. The van der Waals surface area contributed by atoms with Gasteiger partial charge in [-0.3, -0.25) is 4.79 Å². The first-order chi connectivity index (χ1) is 10.4. The number of esters is 1. The molecule has 0 aromatic rings. The maximum absolute atomic E-state index is 13.0. The third kappa shape index (κ3) is 4.33. The number of hydrogen-bond acceptors (Lipinski definition) is 4. The summed E-state index contributed by atoms with van der Waals surface area (Å²) >= 11 is 0. The predicted molar refractivity (Wildman–Crippen MR) is 74.1 cm³/mol. The molecule has 2 atom stereocenters. The third-order valence-corrected chi connectivity index (χ3v) is 4.21. The highest BCUT2D eigenvalue weighted by Crippen LogP contribution is 2.48. The van der Waals surface area contributed by atoms with Gasteiger partial charge in [-0.2, -0.15) is 26.3 Å². The predicted octanol–water partition coefficient (Wildman–Crippen LogP) is 3.04. The van der Waals surface area contributed by atoms with Gasteiger partial charge >= 0.3 is 18.3 Å². The van der Waals surface area contributed by atoms with E-state index in [9.17, 15) is 36.2 Å². The maximum Gasteiger partial charge on any atom is 0.430 e. The minimum absolute atomic E-state index is 0.937. The van der Waals surface area contributed by atoms with Crippen LogP contribution < -0.4 is 5.32 Å². The number of ether oxygens (including phenoxy) is 1. The van der Waals surface area contributed by atoms with E-state index in [1.807, 2.05) is 0 Å². The van der Waals surface area contributed by atoms with E-state index < -0.39 is 47.4 Å². The molecule has 2 unspecified atom stereocenters. The minimum atomic E-state index is -6.07. The van der Waals surface area contributed by atoms with Crippen LogP contribution in [0.4, 0.5) is 26.3 Å². The fourth-order valence-corrected chi connectivity index (χ4v) is 1.93. The largest absolute Gasteiger partial charge is 0.458 e. The van der Waals surface area contributed by atoms with Gasteiger partial charge in [-0.15, -0.1) is 0 Å². The highest BCUT2D eigenvalue weighted by molar-refractivity contribution is 5.74. The second-order valence-electron chi connectivity index (χ2n) is 6.56. The summed E-state index contributed by atoms with van der Waals surface area (Å²) in [7, 11) is 1.48. The molecule has 4 nitrogen and oxygen atoms in total. The van der Waals surface area contributed by atoms with Crippen molar-refractivity contribution in [3.8, 4) is 0 Å². The Bertz CT molecular complexity index is 431. The van der Waals surface area contributed by atoms with E-state index >= 15 is 0 Å². The molecule has 0 fully saturated rings. The lowest BCUT2D eigenvalue weighted by molar-refractivity contribution is -0.395. The van der Waals surface area contributed by atoms with Crippen LogP contribution in [0, 0.1) is 11.8 Å². The number of hydrogen-bond donors (Lipinski definition) is 2. The zero-order chi connectivity index (χ0) is 19.7. The van der Waals surface area contributed by atoms with E-state index in [1.165, 1.54) is 27.8 Å². The molecule has 0 radical (unpaired) electrons. The number of alkyl halides is 6. The summed E-state index contributed by atoms with van der Waals surface area (Å²) in [6, 6.07) is 0. The van der Waals surface area contributed by atoms with Gasteiger partial charge in [-0.1, -0.05) is 20.8 Å². The van der Waals surface area contributed by atoms with Gasteiger partial charge in [0.1, 0.15) is 0 Å². The fourth-order valence-electron chi connectivity index (χ4n) is 1.93. The van der Waals surface area contributed by atoms with Gasteiger partial charge in [0.15, 0.2) is 6.10 Å². The Labute approximate surface area is 136 Å². The molecule has 0 rings (SSSR count). The van der Waals surface area contributed by atoms with Crippen LogP contribution in [-0.2, 0) is 9.53 Å². The summed E-state index contributed by atoms with van der Waals surface area (Å²) < 4.78 is 82.4. The lowest BCUT2D eigenvalue weighted by atomic mass is 9.86. The first kappa shape index (κ1) is 23.0. The maximum atomic E-state index is 13.0. The zero-order valence-electron chi connectivity index (χ0n) is 14.3. The summed E-state index contributed by atoms with van der Waals surface area (Å²) in [5.74, 6) is -3.78. The SMILES string of the molecule is CNC(C)(C)C(C)C(=O)OC(C(C)C)C(O)(C(F)(F)F)C(F)(F)F. The highest BCUT2D eigenvalue weighted by atomic mass is 19.4. The quantitative estimate of drug-likeness (QED) is 0.560. The summed E-state index contributed by atoms with van der Waals surface area (Å²) in [5.41, 5.74) is -6.10. The molecule has 0 aliphatic carbocycles. The summed E-state index contributed by atoms with van der Waals surface area (Å²) in [6.45, 7) is 6.35. The van der Waals surface area contributed by atoms with Crippen LogP contribution in [0.15, 0.2) is 0 Å². The molecule has 0 spiro atoms. The molecular formula is C14H23F6NO3. The molecule has 0 saturated heterocycles. The molecule has 24 heavy (non-hydrogen) atoms. The molecule has 0 bridgehead atoms. The van der Waals surface area contributed by atoms with Crippen molar-refractivity contribution in [1.29, 1.82) is 0 Å². The van der Waals surface area contributed by atoms with Crippen molar-refractivity contribution in [3.05, 3.63) is 0 Å². The van der Waals surface area contributed by atoms with E-state index in [2.05, 4.69) is 10.1 Å². The monoisotopic (exact) mass is 367 g/mol. The fraction of sp³-hybridized carbons (Fsp3) is 0.929. The first-order valence-electron chi connectivity index (χ1n) is 7.18. The molecule has 0 amide bonds. The van der Waals surface area contributed by atoms with Gasteiger partial charge in [-0.05, 0) is 26.8 Å². The second-order valence-corrected chi connectivity index (χ2v) is 6.56. The normalized spacial score (nSPS) is 16.9. The number of carbonyl (C=O) groups is 1. The van der Waals surface area contributed by atoms with E-state index in [0.717, 1.165) is 13.8 Å². The molecule has 10 heteroatoms. The molecule has 0 heterocycles. The Morgan fingerprint density at radius 1 is 1.00 bits per heavy atom. The van der Waals surface area contributed by atoms with Gasteiger partial charge in [0, 0.05) is 5.54 Å². The van der Waals surface area contributed by atoms with Gasteiger partial charge in [0.2, 0.25) is 0 Å². The van der Waals surface area contributed by atoms with Crippen LogP contribution in [-0.4, -0.2) is 47.7 Å². The van der Waals surface area contributed by atoms with Crippen molar-refractivity contribution in [2.45, 2.75) is 64.2 Å². The molecule has 0 aliphatic heterocycles. The number of halogens is 6. The highest BCUT2D eigenvalue weighted by Gasteiger charge is 2.76. The lowest BCUT2D eigenvalue weighted by Crippen LogP contribution is -2.67. The Hall–Kier alpha value is -1.03. The van der Waals surface area contributed by atoms with E-state index in [0.29, 0.717) is 0 Å². The minimum Gasteiger partial charge on any atom is -0.458 e. The van der Waals surface area contributed by atoms with Crippen molar-refractivity contribution in [2.75, 3.05) is 7.05 Å². The molecular weight excluding hydrogens is 344 g/mol. The number of carbonyl (C=O) groups excluding carboxylic acids is 1. The Kier molecular flexibility index (Phi) is 6.77. The molecule has 0 saturated carbocycles. The van der Waals surface area contributed by atoms with Crippen molar-refractivity contribution < 1.29 is 41.0 Å². The average Bonchev–Trinajstić information content (AvgIpc) is 2.39. The standard InChI is InChI=1S/C14H23F6NO3/c1-7(2)9(12(23,13(15,16)17)14(18,19)20)24-10(22)8(3)11(4,5)21-6/h7-9,21,23H,1-6H3. The van der Waals surface area contributed by atoms with Gasteiger partial charge in [-0.25, -0.2) is 0 Å². The smallest absolute Gasteiger partial charge is 0.430 e. The number of aliphatic hydroxyl groups is 1. The van der Waals surface area contributed by atoms with Crippen molar-refractivity contribution in [1.82, 2.24) is 5.32 Å². The van der Waals surface area contributed by atoms with Crippen LogP contribution in [0.3, 0.4) is 0 Å². The van der Waals surface area contributed by atoms with E-state index in [4.69, 9.17) is 0 Å². The average molecular weight is 367 g/mol. The summed E-state index contributed by atoms with van der Waals surface area (Å²) in [6.07, 6.45) is -15.0. The zero-order valence-corrected chi connectivity index (χ0v) is 14.3. The third-order valence-electron chi connectivity index (χ3n) is 4.21.